The van der Waals surface area contributed by atoms with Crippen molar-refractivity contribution in [1.82, 2.24) is 4.90 Å². The molecule has 4 rings (SSSR count). The van der Waals surface area contributed by atoms with Crippen LogP contribution in [0.2, 0.25) is 0 Å². The van der Waals surface area contributed by atoms with Crippen molar-refractivity contribution in [3.63, 3.8) is 0 Å². The van der Waals surface area contributed by atoms with Gasteiger partial charge in [0.1, 0.15) is 5.75 Å². The fourth-order valence-electron chi connectivity index (χ4n) is 4.18. The topological polar surface area (TPSA) is 68.3 Å². The SMILES string of the molecule is CCOc1ccccc1N1CC(C(=O)N2CCC3(CC2)OCCO3)CC1=O. The van der Waals surface area contributed by atoms with E-state index >= 15 is 0 Å². The molecule has 7 nitrogen and oxygen atoms in total. The Balaban J connectivity index is 1.41. The van der Waals surface area contributed by atoms with Crippen LogP contribution in [0.15, 0.2) is 24.3 Å². The van der Waals surface area contributed by atoms with E-state index < -0.39 is 5.79 Å². The molecule has 0 aliphatic carbocycles. The second kappa shape index (κ2) is 7.48. The monoisotopic (exact) mass is 374 g/mol. The van der Waals surface area contributed by atoms with Gasteiger partial charge in [-0.25, -0.2) is 0 Å². The first kappa shape index (κ1) is 18.3. The summed E-state index contributed by atoms with van der Waals surface area (Å²) in [5, 5.41) is 0. The number of rotatable bonds is 4. The summed E-state index contributed by atoms with van der Waals surface area (Å²) in [5.74, 6) is -0.113. The number of piperidine rings is 1. The van der Waals surface area contributed by atoms with Crippen molar-refractivity contribution in [2.24, 2.45) is 5.92 Å². The van der Waals surface area contributed by atoms with Crippen LogP contribution in [0.25, 0.3) is 0 Å². The second-order valence-corrected chi connectivity index (χ2v) is 7.24. The standard InChI is InChI=1S/C20H26N2O5/c1-2-25-17-6-4-3-5-16(17)22-14-15(13-18(22)23)19(24)21-9-7-20(8-10-21)26-11-12-27-20/h3-6,15H,2,7-14H2,1H3. The lowest BCUT2D eigenvalue weighted by Crippen LogP contribution is -2.49. The molecule has 1 aromatic carbocycles. The fourth-order valence-corrected chi connectivity index (χ4v) is 4.18. The number of hydrogen-bond acceptors (Lipinski definition) is 5. The van der Waals surface area contributed by atoms with E-state index in [-0.39, 0.29) is 24.2 Å². The Hall–Kier alpha value is -2.12. The number of benzene rings is 1. The summed E-state index contributed by atoms with van der Waals surface area (Å²) in [6.45, 7) is 5.31. The number of para-hydroxylation sites is 2. The van der Waals surface area contributed by atoms with Gasteiger partial charge in [0.2, 0.25) is 11.8 Å². The van der Waals surface area contributed by atoms with Crippen LogP contribution in [0.1, 0.15) is 26.2 Å². The summed E-state index contributed by atoms with van der Waals surface area (Å²) in [6.07, 6.45) is 1.63. The van der Waals surface area contributed by atoms with Crippen molar-refractivity contribution in [2.45, 2.75) is 32.0 Å². The van der Waals surface area contributed by atoms with Gasteiger partial charge in [0.15, 0.2) is 5.79 Å². The smallest absolute Gasteiger partial charge is 0.228 e. The van der Waals surface area contributed by atoms with Gasteiger partial charge < -0.3 is 24.0 Å². The van der Waals surface area contributed by atoms with Gasteiger partial charge in [-0.05, 0) is 19.1 Å². The molecule has 2 amide bonds. The van der Waals surface area contributed by atoms with Crippen LogP contribution < -0.4 is 9.64 Å². The van der Waals surface area contributed by atoms with Gasteiger partial charge in [-0.3, -0.25) is 9.59 Å². The van der Waals surface area contributed by atoms with Gasteiger partial charge in [-0.2, -0.15) is 0 Å². The number of carbonyl (C=O) groups is 2. The van der Waals surface area contributed by atoms with Gasteiger partial charge >= 0.3 is 0 Å². The summed E-state index contributed by atoms with van der Waals surface area (Å²) in [4.78, 5) is 29.1. The van der Waals surface area contributed by atoms with Gasteiger partial charge in [-0.15, -0.1) is 0 Å². The molecule has 1 aromatic rings. The molecule has 3 fully saturated rings. The number of anilines is 1. The molecular formula is C20H26N2O5. The molecule has 3 aliphatic heterocycles. The molecule has 3 heterocycles. The van der Waals surface area contributed by atoms with Crippen LogP contribution in [0, 0.1) is 5.92 Å². The molecule has 0 saturated carbocycles. The van der Waals surface area contributed by atoms with Crippen molar-refractivity contribution in [1.29, 1.82) is 0 Å². The largest absolute Gasteiger partial charge is 0.492 e. The molecule has 3 aliphatic rings. The highest BCUT2D eigenvalue weighted by Crippen LogP contribution is 2.35. The zero-order chi connectivity index (χ0) is 18.9. The van der Waals surface area contributed by atoms with Gasteiger partial charge in [0.05, 0.1) is 31.4 Å². The zero-order valence-corrected chi connectivity index (χ0v) is 15.7. The van der Waals surface area contributed by atoms with E-state index in [0.29, 0.717) is 58.0 Å². The first-order chi connectivity index (χ1) is 13.1. The van der Waals surface area contributed by atoms with Crippen molar-refractivity contribution in [3.05, 3.63) is 24.3 Å². The lowest BCUT2D eigenvalue weighted by atomic mass is 10.0. The molecule has 0 N–H and O–H groups in total. The van der Waals surface area contributed by atoms with E-state index in [9.17, 15) is 9.59 Å². The average molecular weight is 374 g/mol. The Labute approximate surface area is 159 Å². The molecule has 1 unspecified atom stereocenters. The van der Waals surface area contributed by atoms with Crippen molar-refractivity contribution in [3.8, 4) is 5.75 Å². The lowest BCUT2D eigenvalue weighted by molar-refractivity contribution is -0.188. The van der Waals surface area contributed by atoms with Crippen LogP contribution in [0.5, 0.6) is 5.75 Å². The van der Waals surface area contributed by atoms with Gasteiger partial charge in [0.25, 0.3) is 0 Å². The molecule has 0 aromatic heterocycles. The van der Waals surface area contributed by atoms with E-state index in [0.717, 1.165) is 5.69 Å². The highest BCUT2D eigenvalue weighted by Gasteiger charge is 2.43. The maximum Gasteiger partial charge on any atom is 0.228 e. The molecule has 3 saturated heterocycles. The number of amides is 2. The summed E-state index contributed by atoms with van der Waals surface area (Å²) >= 11 is 0. The lowest BCUT2D eigenvalue weighted by Gasteiger charge is -2.38. The van der Waals surface area contributed by atoms with Crippen LogP contribution in [0.3, 0.4) is 0 Å². The van der Waals surface area contributed by atoms with Crippen LogP contribution in [-0.2, 0) is 19.1 Å². The number of carbonyl (C=O) groups excluding carboxylic acids is 2. The molecule has 27 heavy (non-hydrogen) atoms. The number of likely N-dealkylation sites (tertiary alicyclic amines) is 1. The maximum atomic E-state index is 13.0. The zero-order valence-electron chi connectivity index (χ0n) is 15.7. The molecular weight excluding hydrogens is 348 g/mol. The van der Waals surface area contributed by atoms with E-state index in [4.69, 9.17) is 14.2 Å². The number of hydrogen-bond donors (Lipinski definition) is 0. The minimum Gasteiger partial charge on any atom is -0.492 e. The minimum absolute atomic E-state index is 0.0311. The Bertz CT molecular complexity index is 706. The number of nitrogens with zero attached hydrogens (tertiary/aromatic N) is 2. The molecule has 1 atom stereocenters. The summed E-state index contributed by atoms with van der Waals surface area (Å²) in [5.41, 5.74) is 0.741. The Morgan fingerprint density at radius 3 is 2.63 bits per heavy atom. The molecule has 7 heteroatoms. The van der Waals surface area contributed by atoms with E-state index in [1.165, 1.54) is 0 Å². The van der Waals surface area contributed by atoms with Gasteiger partial charge in [-0.1, -0.05) is 12.1 Å². The molecule has 0 bridgehead atoms. The van der Waals surface area contributed by atoms with Crippen molar-refractivity contribution in [2.75, 3.05) is 44.4 Å². The second-order valence-electron chi connectivity index (χ2n) is 7.24. The average Bonchev–Trinajstić information content (AvgIpc) is 3.30. The Morgan fingerprint density at radius 2 is 1.93 bits per heavy atom. The third-order valence-electron chi connectivity index (χ3n) is 5.58. The highest BCUT2D eigenvalue weighted by atomic mass is 16.7. The third-order valence-corrected chi connectivity index (χ3v) is 5.58. The Kier molecular flexibility index (Phi) is 5.06. The predicted octanol–water partition coefficient (Wildman–Crippen LogP) is 1.80. The van der Waals surface area contributed by atoms with E-state index in [1.54, 1.807) is 4.90 Å². The minimum atomic E-state index is -0.495. The Morgan fingerprint density at radius 1 is 1.22 bits per heavy atom. The molecule has 146 valence electrons. The predicted molar refractivity (Wildman–Crippen MR) is 98.5 cm³/mol. The number of ether oxygens (including phenoxy) is 3. The summed E-state index contributed by atoms with van der Waals surface area (Å²) < 4.78 is 17.1. The van der Waals surface area contributed by atoms with Crippen molar-refractivity contribution < 1.29 is 23.8 Å². The molecule has 1 spiro atoms. The van der Waals surface area contributed by atoms with Crippen LogP contribution >= 0.6 is 0 Å². The quantitative estimate of drug-likeness (QED) is 0.804. The normalized spacial score (nSPS) is 24.6. The maximum absolute atomic E-state index is 13.0. The summed E-state index contributed by atoms with van der Waals surface area (Å²) in [7, 11) is 0. The van der Waals surface area contributed by atoms with E-state index in [1.807, 2.05) is 36.1 Å². The highest BCUT2D eigenvalue weighted by molar-refractivity contribution is 6.01. The summed E-state index contributed by atoms with van der Waals surface area (Å²) in [6, 6.07) is 7.49. The van der Waals surface area contributed by atoms with Crippen molar-refractivity contribution >= 4 is 17.5 Å². The first-order valence-corrected chi connectivity index (χ1v) is 9.71. The van der Waals surface area contributed by atoms with Crippen LogP contribution in [-0.4, -0.2) is 62.0 Å². The fraction of sp³-hybridized carbons (Fsp3) is 0.600. The first-order valence-electron chi connectivity index (χ1n) is 9.71. The molecule has 0 radical (unpaired) electrons. The van der Waals surface area contributed by atoms with Crippen LogP contribution in [0.4, 0.5) is 5.69 Å². The van der Waals surface area contributed by atoms with E-state index in [2.05, 4.69) is 0 Å². The van der Waals surface area contributed by atoms with Gasteiger partial charge in [0, 0.05) is 38.9 Å². The third kappa shape index (κ3) is 3.53.